The number of aliphatic carboxylic acids is 1. The molecule has 2 heterocycles. The van der Waals surface area contributed by atoms with E-state index < -0.39 is 5.97 Å². The van der Waals surface area contributed by atoms with Gasteiger partial charge in [-0.15, -0.1) is 0 Å². The van der Waals surface area contributed by atoms with Crippen LogP contribution in [0.2, 0.25) is 0 Å². The number of carbonyl (C=O) groups is 1. The second kappa shape index (κ2) is 4.46. The molecule has 1 fully saturated rings. The van der Waals surface area contributed by atoms with Gasteiger partial charge < -0.3 is 9.52 Å². The number of likely N-dealkylation sites (tertiary alicyclic amines) is 1. The maximum absolute atomic E-state index is 10.9. The Bertz CT molecular complexity index is 542. The van der Waals surface area contributed by atoms with Crippen LogP contribution in [0.1, 0.15) is 12.2 Å². The number of hydrogen-bond acceptors (Lipinski definition) is 3. The van der Waals surface area contributed by atoms with E-state index >= 15 is 0 Å². The average molecular weight is 245 g/mol. The quantitative estimate of drug-likeness (QED) is 0.901. The van der Waals surface area contributed by atoms with Gasteiger partial charge in [-0.3, -0.25) is 9.69 Å². The van der Waals surface area contributed by atoms with Gasteiger partial charge in [-0.2, -0.15) is 0 Å². The molecule has 0 aliphatic carbocycles. The lowest BCUT2D eigenvalue weighted by Gasteiger charge is -2.12. The highest BCUT2D eigenvalue weighted by molar-refractivity contribution is 5.77. The summed E-state index contributed by atoms with van der Waals surface area (Å²) in [4.78, 5) is 13.0. The third-order valence-corrected chi connectivity index (χ3v) is 3.48. The van der Waals surface area contributed by atoms with E-state index in [1.54, 1.807) is 0 Å². The van der Waals surface area contributed by atoms with E-state index in [4.69, 9.17) is 9.52 Å². The third kappa shape index (κ3) is 2.11. The molecule has 1 aromatic carbocycles. The van der Waals surface area contributed by atoms with Crippen LogP contribution in [-0.4, -0.2) is 29.1 Å². The van der Waals surface area contributed by atoms with Gasteiger partial charge in [-0.05, 0) is 25.1 Å². The van der Waals surface area contributed by atoms with Crippen LogP contribution in [0.5, 0.6) is 0 Å². The highest BCUT2D eigenvalue weighted by Gasteiger charge is 2.28. The fourth-order valence-corrected chi connectivity index (χ4v) is 2.51. The molecule has 1 atom stereocenters. The lowest BCUT2D eigenvalue weighted by Crippen LogP contribution is -2.22. The van der Waals surface area contributed by atoms with Gasteiger partial charge in [-0.25, -0.2) is 0 Å². The van der Waals surface area contributed by atoms with Gasteiger partial charge in [0.2, 0.25) is 0 Å². The van der Waals surface area contributed by atoms with Crippen LogP contribution in [0, 0.1) is 5.92 Å². The number of para-hydroxylation sites is 1. The van der Waals surface area contributed by atoms with Gasteiger partial charge >= 0.3 is 5.97 Å². The summed E-state index contributed by atoms with van der Waals surface area (Å²) in [6, 6.07) is 9.93. The monoisotopic (exact) mass is 245 g/mol. The van der Waals surface area contributed by atoms with Crippen LogP contribution >= 0.6 is 0 Å². The average Bonchev–Trinajstić information content (AvgIpc) is 2.94. The molecule has 0 spiro atoms. The Balaban J connectivity index is 1.71. The van der Waals surface area contributed by atoms with Crippen LogP contribution in [-0.2, 0) is 11.3 Å². The normalized spacial score (nSPS) is 20.6. The fourth-order valence-electron chi connectivity index (χ4n) is 2.51. The molecule has 4 nitrogen and oxygen atoms in total. The fraction of sp³-hybridized carbons (Fsp3) is 0.357. The van der Waals surface area contributed by atoms with Crippen LogP contribution in [0.4, 0.5) is 0 Å². The van der Waals surface area contributed by atoms with Gasteiger partial charge in [-0.1, -0.05) is 18.2 Å². The summed E-state index contributed by atoms with van der Waals surface area (Å²) >= 11 is 0. The van der Waals surface area contributed by atoms with E-state index in [9.17, 15) is 4.79 Å². The van der Waals surface area contributed by atoms with E-state index in [0.717, 1.165) is 29.7 Å². The predicted octanol–water partition coefficient (Wildman–Crippen LogP) is 2.34. The number of carboxylic acids is 1. The third-order valence-electron chi connectivity index (χ3n) is 3.48. The summed E-state index contributed by atoms with van der Waals surface area (Å²) in [5, 5.41) is 10.1. The topological polar surface area (TPSA) is 53.7 Å². The molecule has 1 saturated heterocycles. The van der Waals surface area contributed by atoms with Crippen molar-refractivity contribution in [1.29, 1.82) is 0 Å². The molecular formula is C14H15NO3. The molecule has 0 amide bonds. The summed E-state index contributed by atoms with van der Waals surface area (Å²) in [7, 11) is 0. The van der Waals surface area contributed by atoms with Crippen molar-refractivity contribution in [2.45, 2.75) is 13.0 Å². The Morgan fingerprint density at radius 1 is 1.44 bits per heavy atom. The van der Waals surface area contributed by atoms with Crippen molar-refractivity contribution < 1.29 is 14.3 Å². The summed E-state index contributed by atoms with van der Waals surface area (Å²) in [6.07, 6.45) is 0.732. The number of carboxylic acid groups (broad SMARTS) is 1. The van der Waals surface area contributed by atoms with Crippen LogP contribution in [0.3, 0.4) is 0 Å². The lowest BCUT2D eigenvalue weighted by molar-refractivity contribution is -0.141. The first-order valence-electron chi connectivity index (χ1n) is 6.15. The van der Waals surface area contributed by atoms with Crippen molar-refractivity contribution in [3.05, 3.63) is 36.1 Å². The number of benzene rings is 1. The Morgan fingerprint density at radius 3 is 3.00 bits per heavy atom. The summed E-state index contributed by atoms with van der Waals surface area (Å²) in [6.45, 7) is 2.14. The van der Waals surface area contributed by atoms with Crippen LogP contribution in [0.25, 0.3) is 11.0 Å². The molecule has 18 heavy (non-hydrogen) atoms. The number of rotatable bonds is 3. The highest BCUT2D eigenvalue weighted by atomic mass is 16.4. The predicted molar refractivity (Wildman–Crippen MR) is 67.2 cm³/mol. The molecule has 0 radical (unpaired) electrons. The zero-order valence-electron chi connectivity index (χ0n) is 10.0. The van der Waals surface area contributed by atoms with Crippen molar-refractivity contribution in [2.75, 3.05) is 13.1 Å². The minimum absolute atomic E-state index is 0.227. The summed E-state index contributed by atoms with van der Waals surface area (Å²) in [5.74, 6) is -0.0151. The van der Waals surface area contributed by atoms with Crippen LogP contribution in [0.15, 0.2) is 34.7 Å². The molecule has 1 N–H and O–H groups in total. The van der Waals surface area contributed by atoms with Gasteiger partial charge in [0, 0.05) is 11.9 Å². The van der Waals surface area contributed by atoms with Crippen LogP contribution < -0.4 is 0 Å². The van der Waals surface area contributed by atoms with Crippen molar-refractivity contribution in [3.8, 4) is 0 Å². The molecule has 1 aliphatic heterocycles. The van der Waals surface area contributed by atoms with E-state index in [-0.39, 0.29) is 5.92 Å². The number of fused-ring (bicyclic) bond motifs is 1. The standard InChI is InChI=1S/C14H15NO3/c16-14(17)11-5-6-15(8-11)9-12-7-10-3-1-2-4-13(10)18-12/h1-4,7,11H,5-6,8-9H2,(H,16,17). The van der Waals surface area contributed by atoms with Crippen molar-refractivity contribution in [3.63, 3.8) is 0 Å². The SMILES string of the molecule is O=C(O)C1CCN(Cc2cc3ccccc3o2)C1. The maximum Gasteiger partial charge on any atom is 0.307 e. The van der Waals surface area contributed by atoms with E-state index in [0.29, 0.717) is 13.1 Å². The molecule has 0 bridgehead atoms. The van der Waals surface area contributed by atoms with E-state index in [1.807, 2.05) is 30.3 Å². The largest absolute Gasteiger partial charge is 0.481 e. The number of nitrogens with zero attached hydrogens (tertiary/aromatic N) is 1. The zero-order chi connectivity index (χ0) is 12.5. The summed E-state index contributed by atoms with van der Waals surface area (Å²) < 4.78 is 5.74. The second-order valence-electron chi connectivity index (χ2n) is 4.81. The Kier molecular flexibility index (Phi) is 2.80. The zero-order valence-corrected chi connectivity index (χ0v) is 10.0. The number of furan rings is 1. The lowest BCUT2D eigenvalue weighted by atomic mass is 10.1. The second-order valence-corrected chi connectivity index (χ2v) is 4.81. The maximum atomic E-state index is 10.9. The minimum atomic E-state index is -0.692. The van der Waals surface area contributed by atoms with Gasteiger partial charge in [0.05, 0.1) is 12.5 Å². The number of hydrogen-bond donors (Lipinski definition) is 1. The molecule has 2 aromatic rings. The smallest absolute Gasteiger partial charge is 0.307 e. The Morgan fingerprint density at radius 2 is 2.28 bits per heavy atom. The molecule has 1 unspecified atom stereocenters. The van der Waals surface area contributed by atoms with Crippen molar-refractivity contribution >= 4 is 16.9 Å². The Labute approximate surface area is 105 Å². The van der Waals surface area contributed by atoms with E-state index in [1.165, 1.54) is 0 Å². The minimum Gasteiger partial charge on any atom is -0.481 e. The first-order chi connectivity index (χ1) is 8.72. The van der Waals surface area contributed by atoms with Crippen molar-refractivity contribution in [2.24, 2.45) is 5.92 Å². The molecule has 0 saturated carbocycles. The van der Waals surface area contributed by atoms with E-state index in [2.05, 4.69) is 4.90 Å². The molecular weight excluding hydrogens is 230 g/mol. The van der Waals surface area contributed by atoms with Gasteiger partial charge in [0.1, 0.15) is 11.3 Å². The molecule has 1 aromatic heterocycles. The molecule has 3 rings (SSSR count). The Hall–Kier alpha value is -1.81. The van der Waals surface area contributed by atoms with Gasteiger partial charge in [0.25, 0.3) is 0 Å². The highest BCUT2D eigenvalue weighted by Crippen LogP contribution is 2.23. The van der Waals surface area contributed by atoms with Crippen molar-refractivity contribution in [1.82, 2.24) is 4.90 Å². The first kappa shape index (κ1) is 11.3. The molecule has 1 aliphatic rings. The summed E-state index contributed by atoms with van der Waals surface area (Å²) in [5.41, 5.74) is 0.890. The van der Waals surface area contributed by atoms with Gasteiger partial charge in [0.15, 0.2) is 0 Å². The molecule has 4 heteroatoms. The first-order valence-corrected chi connectivity index (χ1v) is 6.15. The molecule has 94 valence electrons.